The summed E-state index contributed by atoms with van der Waals surface area (Å²) < 4.78 is 0. The van der Waals surface area contributed by atoms with Crippen molar-refractivity contribution in [3.63, 3.8) is 0 Å². The molecule has 16 heavy (non-hydrogen) atoms. The van der Waals surface area contributed by atoms with Gasteiger partial charge in [0.25, 0.3) is 0 Å². The molecule has 1 aromatic rings. The largest absolute Gasteiger partial charge is 0.0984 e. The van der Waals surface area contributed by atoms with E-state index >= 15 is 0 Å². The molecule has 1 aliphatic rings. The SMILES string of the molecule is C=Cc1cccc2c1C(=C)CCC2C(C)C. The Kier molecular flexibility index (Phi) is 3.00. The summed E-state index contributed by atoms with van der Waals surface area (Å²) in [6, 6.07) is 6.54. The third kappa shape index (κ3) is 1.73. The molecule has 0 amide bonds. The van der Waals surface area contributed by atoms with Crippen molar-refractivity contribution in [3.8, 4) is 0 Å². The first-order valence-corrected chi connectivity index (χ1v) is 6.08. The van der Waals surface area contributed by atoms with Crippen LogP contribution in [0, 0.1) is 5.92 Å². The predicted octanol–water partition coefficient (Wildman–Crippen LogP) is 4.88. The molecule has 0 nitrogen and oxygen atoms in total. The maximum atomic E-state index is 4.21. The molecule has 0 spiro atoms. The molecule has 0 fully saturated rings. The number of benzene rings is 1. The van der Waals surface area contributed by atoms with Crippen molar-refractivity contribution in [3.05, 3.63) is 48.0 Å². The number of hydrogen-bond acceptors (Lipinski definition) is 0. The van der Waals surface area contributed by atoms with Crippen molar-refractivity contribution in [2.24, 2.45) is 5.92 Å². The van der Waals surface area contributed by atoms with Gasteiger partial charge in [-0.05, 0) is 46.9 Å². The molecule has 1 aromatic carbocycles. The van der Waals surface area contributed by atoms with Gasteiger partial charge < -0.3 is 0 Å². The molecule has 0 bridgehead atoms. The Labute approximate surface area is 98.7 Å². The van der Waals surface area contributed by atoms with Crippen LogP contribution in [-0.2, 0) is 0 Å². The number of fused-ring (bicyclic) bond motifs is 1. The third-order valence-corrected chi connectivity index (χ3v) is 3.66. The maximum Gasteiger partial charge on any atom is -0.0123 e. The van der Waals surface area contributed by atoms with Gasteiger partial charge in [0.1, 0.15) is 0 Å². The van der Waals surface area contributed by atoms with E-state index in [1.54, 1.807) is 0 Å². The molecule has 1 aliphatic carbocycles. The second kappa shape index (κ2) is 4.29. The van der Waals surface area contributed by atoms with Crippen LogP contribution in [0.25, 0.3) is 11.6 Å². The zero-order chi connectivity index (χ0) is 11.7. The molecule has 0 saturated carbocycles. The zero-order valence-electron chi connectivity index (χ0n) is 10.3. The fourth-order valence-corrected chi connectivity index (χ4v) is 2.78. The monoisotopic (exact) mass is 212 g/mol. The van der Waals surface area contributed by atoms with E-state index in [1.807, 2.05) is 6.08 Å². The topological polar surface area (TPSA) is 0 Å². The number of hydrogen-bond donors (Lipinski definition) is 0. The van der Waals surface area contributed by atoms with Crippen LogP contribution in [0.4, 0.5) is 0 Å². The lowest BCUT2D eigenvalue weighted by Crippen LogP contribution is -2.14. The molecule has 0 aliphatic heterocycles. The second-order valence-corrected chi connectivity index (χ2v) is 5.01. The Hall–Kier alpha value is -1.30. The molecule has 0 N–H and O–H groups in total. The van der Waals surface area contributed by atoms with Crippen LogP contribution in [-0.4, -0.2) is 0 Å². The average molecular weight is 212 g/mol. The fraction of sp³-hybridized carbons (Fsp3) is 0.375. The first kappa shape index (κ1) is 11.2. The Morgan fingerprint density at radius 3 is 2.75 bits per heavy atom. The van der Waals surface area contributed by atoms with Crippen molar-refractivity contribution < 1.29 is 0 Å². The smallest absolute Gasteiger partial charge is 0.0123 e. The number of allylic oxidation sites excluding steroid dienone is 1. The van der Waals surface area contributed by atoms with Gasteiger partial charge >= 0.3 is 0 Å². The van der Waals surface area contributed by atoms with Gasteiger partial charge in [-0.3, -0.25) is 0 Å². The molecule has 0 heterocycles. The lowest BCUT2D eigenvalue weighted by molar-refractivity contribution is 0.464. The van der Waals surface area contributed by atoms with Crippen LogP contribution in [0.2, 0.25) is 0 Å². The second-order valence-electron chi connectivity index (χ2n) is 5.01. The third-order valence-electron chi connectivity index (χ3n) is 3.66. The summed E-state index contributed by atoms with van der Waals surface area (Å²) in [7, 11) is 0. The van der Waals surface area contributed by atoms with Gasteiger partial charge in [0.15, 0.2) is 0 Å². The molecule has 2 rings (SSSR count). The van der Waals surface area contributed by atoms with Gasteiger partial charge in [0.05, 0.1) is 0 Å². The van der Waals surface area contributed by atoms with Crippen LogP contribution >= 0.6 is 0 Å². The van der Waals surface area contributed by atoms with E-state index in [0.717, 1.165) is 6.42 Å². The molecular weight excluding hydrogens is 192 g/mol. The highest BCUT2D eigenvalue weighted by molar-refractivity contribution is 5.76. The van der Waals surface area contributed by atoms with Gasteiger partial charge in [-0.1, -0.05) is 51.3 Å². The van der Waals surface area contributed by atoms with Crippen molar-refractivity contribution in [1.29, 1.82) is 0 Å². The van der Waals surface area contributed by atoms with Crippen LogP contribution in [0.15, 0.2) is 31.4 Å². The highest BCUT2D eigenvalue weighted by Crippen LogP contribution is 2.42. The molecule has 84 valence electrons. The van der Waals surface area contributed by atoms with Gasteiger partial charge in [-0.2, -0.15) is 0 Å². The van der Waals surface area contributed by atoms with Gasteiger partial charge in [-0.15, -0.1) is 0 Å². The highest BCUT2D eigenvalue weighted by atomic mass is 14.3. The lowest BCUT2D eigenvalue weighted by Gasteiger charge is -2.31. The quantitative estimate of drug-likeness (QED) is 0.655. The summed E-state index contributed by atoms with van der Waals surface area (Å²) in [6.45, 7) is 12.7. The average Bonchev–Trinajstić information content (AvgIpc) is 2.28. The van der Waals surface area contributed by atoms with Gasteiger partial charge in [0, 0.05) is 0 Å². The Bertz CT molecular complexity index is 424. The van der Waals surface area contributed by atoms with E-state index < -0.39 is 0 Å². The molecule has 1 unspecified atom stereocenters. The van der Waals surface area contributed by atoms with E-state index in [0.29, 0.717) is 11.8 Å². The summed E-state index contributed by atoms with van der Waals surface area (Å²) in [5.41, 5.74) is 5.36. The first-order chi connectivity index (χ1) is 7.65. The normalized spacial score (nSPS) is 19.7. The van der Waals surface area contributed by atoms with Crippen LogP contribution in [0.5, 0.6) is 0 Å². The van der Waals surface area contributed by atoms with Crippen molar-refractivity contribution in [2.75, 3.05) is 0 Å². The van der Waals surface area contributed by atoms with Crippen LogP contribution in [0.1, 0.15) is 49.3 Å². The van der Waals surface area contributed by atoms with E-state index in [-0.39, 0.29) is 0 Å². The van der Waals surface area contributed by atoms with Crippen LogP contribution < -0.4 is 0 Å². The predicted molar refractivity (Wildman–Crippen MR) is 72.4 cm³/mol. The molecule has 0 aromatic heterocycles. The fourth-order valence-electron chi connectivity index (χ4n) is 2.78. The highest BCUT2D eigenvalue weighted by Gasteiger charge is 2.25. The molecule has 1 atom stereocenters. The minimum Gasteiger partial charge on any atom is -0.0984 e. The minimum atomic E-state index is 0.681. The Morgan fingerprint density at radius 2 is 2.12 bits per heavy atom. The Balaban J connectivity index is 2.59. The van der Waals surface area contributed by atoms with E-state index in [2.05, 4.69) is 45.2 Å². The maximum absolute atomic E-state index is 4.21. The van der Waals surface area contributed by atoms with Gasteiger partial charge in [0.2, 0.25) is 0 Å². The molecule has 0 radical (unpaired) electrons. The lowest BCUT2D eigenvalue weighted by atomic mass is 9.74. The summed E-state index contributed by atoms with van der Waals surface area (Å²) >= 11 is 0. The van der Waals surface area contributed by atoms with Crippen LogP contribution in [0.3, 0.4) is 0 Å². The van der Waals surface area contributed by atoms with Crippen molar-refractivity contribution in [2.45, 2.75) is 32.6 Å². The standard InChI is InChI=1S/C16H20/c1-5-13-7-6-8-15-14(11(2)3)10-9-12(4)16(13)15/h5-8,11,14H,1,4,9-10H2,2-3H3. The minimum absolute atomic E-state index is 0.681. The molecular formula is C16H20. The zero-order valence-corrected chi connectivity index (χ0v) is 10.3. The van der Waals surface area contributed by atoms with Crippen molar-refractivity contribution in [1.82, 2.24) is 0 Å². The summed E-state index contributed by atoms with van der Waals surface area (Å²) in [5, 5.41) is 0. The van der Waals surface area contributed by atoms with E-state index in [1.165, 1.54) is 28.7 Å². The van der Waals surface area contributed by atoms with Crippen molar-refractivity contribution >= 4 is 11.6 Å². The molecule has 0 saturated heterocycles. The molecule has 0 heteroatoms. The van der Waals surface area contributed by atoms with Gasteiger partial charge in [-0.25, -0.2) is 0 Å². The summed E-state index contributed by atoms with van der Waals surface area (Å²) in [5.74, 6) is 1.38. The first-order valence-electron chi connectivity index (χ1n) is 6.08. The number of rotatable bonds is 2. The Morgan fingerprint density at radius 1 is 1.38 bits per heavy atom. The van der Waals surface area contributed by atoms with E-state index in [9.17, 15) is 0 Å². The summed E-state index contributed by atoms with van der Waals surface area (Å²) in [4.78, 5) is 0. The summed E-state index contributed by atoms with van der Waals surface area (Å²) in [6.07, 6.45) is 4.32. The van der Waals surface area contributed by atoms with E-state index in [4.69, 9.17) is 0 Å².